The van der Waals surface area contributed by atoms with Crippen LogP contribution in [0.4, 0.5) is 0 Å². The van der Waals surface area contributed by atoms with Gasteiger partial charge in [-0.2, -0.15) is 0 Å². The lowest BCUT2D eigenvalue weighted by molar-refractivity contribution is -0.126. The number of hydrogen-bond acceptors (Lipinski definition) is 2. The van der Waals surface area contributed by atoms with Crippen LogP contribution >= 0.6 is 0 Å². The van der Waals surface area contributed by atoms with Gasteiger partial charge in [0.05, 0.1) is 6.54 Å². The Hall–Kier alpha value is -0.860. The molecule has 0 bridgehead atoms. The molecule has 3 nitrogen and oxygen atoms in total. The van der Waals surface area contributed by atoms with Crippen LogP contribution in [-0.4, -0.2) is 18.2 Å². The number of carbonyl (C=O) groups excluding carboxylic acids is 2. The van der Waals surface area contributed by atoms with Crippen LogP contribution < -0.4 is 5.32 Å². The summed E-state index contributed by atoms with van der Waals surface area (Å²) in [6, 6.07) is 0. The number of hydrogen-bond donors (Lipinski definition) is 1. The van der Waals surface area contributed by atoms with Gasteiger partial charge in [-0.15, -0.1) is 0 Å². The molecule has 0 saturated heterocycles. The van der Waals surface area contributed by atoms with E-state index < -0.39 is 0 Å². The Kier molecular flexibility index (Phi) is 2.46. The van der Waals surface area contributed by atoms with Gasteiger partial charge in [0.15, 0.2) is 0 Å². The van der Waals surface area contributed by atoms with E-state index in [0.717, 1.165) is 0 Å². The van der Waals surface area contributed by atoms with Crippen molar-refractivity contribution in [3.05, 3.63) is 0 Å². The van der Waals surface area contributed by atoms with Crippen molar-refractivity contribution in [3.8, 4) is 0 Å². The standard InChI is InChI=1S/C11H19NO2/c1-7(13)6-12-9(14)8-10(2,3)11(8,4)5/h8H,6H2,1-5H3,(H,12,14). The molecule has 1 N–H and O–H groups in total. The summed E-state index contributed by atoms with van der Waals surface area (Å²) in [4.78, 5) is 22.4. The Balaban J connectivity index is 2.54. The molecule has 1 saturated carbocycles. The molecule has 1 rings (SSSR count). The lowest BCUT2D eigenvalue weighted by Crippen LogP contribution is -2.31. The summed E-state index contributed by atoms with van der Waals surface area (Å²) in [5.74, 6) is 0.0409. The van der Waals surface area contributed by atoms with E-state index in [9.17, 15) is 9.59 Å². The third-order valence-electron chi connectivity index (χ3n) is 3.79. The topological polar surface area (TPSA) is 46.2 Å². The highest BCUT2D eigenvalue weighted by atomic mass is 16.2. The molecule has 80 valence electrons. The summed E-state index contributed by atoms with van der Waals surface area (Å²) in [7, 11) is 0. The molecule has 0 aromatic heterocycles. The zero-order valence-corrected chi connectivity index (χ0v) is 9.60. The highest BCUT2D eigenvalue weighted by Gasteiger charge is 2.68. The number of ketones is 1. The van der Waals surface area contributed by atoms with Crippen molar-refractivity contribution in [2.24, 2.45) is 16.7 Å². The van der Waals surface area contributed by atoms with Gasteiger partial charge >= 0.3 is 0 Å². The molecule has 0 atom stereocenters. The van der Waals surface area contributed by atoms with Crippen LogP contribution in [0.3, 0.4) is 0 Å². The third-order valence-corrected chi connectivity index (χ3v) is 3.79. The van der Waals surface area contributed by atoms with Gasteiger partial charge in [0.1, 0.15) is 5.78 Å². The molecule has 14 heavy (non-hydrogen) atoms. The van der Waals surface area contributed by atoms with Crippen molar-refractivity contribution in [1.29, 1.82) is 0 Å². The summed E-state index contributed by atoms with van der Waals surface area (Å²) >= 11 is 0. The average Bonchev–Trinajstić information content (AvgIpc) is 2.39. The molecule has 0 heterocycles. The van der Waals surface area contributed by atoms with Gasteiger partial charge in [-0.05, 0) is 17.8 Å². The summed E-state index contributed by atoms with van der Waals surface area (Å²) in [6.45, 7) is 9.98. The lowest BCUT2D eigenvalue weighted by atomic mass is 10.0. The maximum absolute atomic E-state index is 11.7. The Morgan fingerprint density at radius 2 is 1.57 bits per heavy atom. The van der Waals surface area contributed by atoms with E-state index in [1.807, 2.05) is 0 Å². The van der Waals surface area contributed by atoms with Crippen LogP contribution in [0.25, 0.3) is 0 Å². The number of rotatable bonds is 3. The molecule has 0 aromatic rings. The minimum absolute atomic E-state index is 0.00499. The molecule has 0 radical (unpaired) electrons. The van der Waals surface area contributed by atoms with Crippen LogP contribution in [0.1, 0.15) is 34.6 Å². The number of carbonyl (C=O) groups is 2. The molecule has 1 aliphatic carbocycles. The molecule has 1 fully saturated rings. The van der Waals surface area contributed by atoms with Crippen LogP contribution in [0, 0.1) is 16.7 Å². The summed E-state index contributed by atoms with van der Waals surface area (Å²) in [5, 5.41) is 2.67. The Labute approximate surface area is 85.3 Å². The zero-order valence-electron chi connectivity index (χ0n) is 9.60. The Morgan fingerprint density at radius 3 is 1.86 bits per heavy atom. The first kappa shape index (κ1) is 11.2. The van der Waals surface area contributed by atoms with Gasteiger partial charge in [0.2, 0.25) is 5.91 Å². The van der Waals surface area contributed by atoms with Crippen molar-refractivity contribution in [2.75, 3.05) is 6.54 Å². The second-order valence-corrected chi connectivity index (χ2v) is 5.30. The first-order valence-electron chi connectivity index (χ1n) is 4.98. The minimum atomic E-state index is -0.00499. The van der Waals surface area contributed by atoms with E-state index in [2.05, 4.69) is 33.0 Å². The number of Topliss-reactive ketones (excluding diaryl/α,β-unsaturated/α-hetero) is 1. The first-order valence-corrected chi connectivity index (χ1v) is 4.98. The largest absolute Gasteiger partial charge is 0.349 e. The second-order valence-electron chi connectivity index (χ2n) is 5.30. The fraction of sp³-hybridized carbons (Fsp3) is 0.818. The van der Waals surface area contributed by atoms with Crippen molar-refractivity contribution in [1.82, 2.24) is 5.32 Å². The summed E-state index contributed by atoms with van der Waals surface area (Å²) in [5.41, 5.74) is 0.0990. The maximum atomic E-state index is 11.7. The fourth-order valence-electron chi connectivity index (χ4n) is 2.17. The molecule has 0 aliphatic heterocycles. The molecule has 0 aromatic carbocycles. The predicted octanol–water partition coefficient (Wildman–Crippen LogP) is 1.37. The van der Waals surface area contributed by atoms with Crippen molar-refractivity contribution in [2.45, 2.75) is 34.6 Å². The first-order chi connectivity index (χ1) is 6.21. The zero-order chi connectivity index (χ0) is 11.1. The van der Waals surface area contributed by atoms with Crippen molar-refractivity contribution < 1.29 is 9.59 Å². The summed E-state index contributed by atoms with van der Waals surface area (Å²) in [6.07, 6.45) is 0. The SMILES string of the molecule is CC(=O)CNC(=O)C1C(C)(C)C1(C)C. The predicted molar refractivity (Wildman–Crippen MR) is 54.7 cm³/mol. The minimum Gasteiger partial charge on any atom is -0.349 e. The lowest BCUT2D eigenvalue weighted by Gasteiger charge is -2.03. The number of amides is 1. The van der Waals surface area contributed by atoms with Gasteiger partial charge in [0.25, 0.3) is 0 Å². The smallest absolute Gasteiger partial charge is 0.224 e. The van der Waals surface area contributed by atoms with Crippen LogP contribution in [0.5, 0.6) is 0 Å². The molecule has 0 spiro atoms. The van der Waals surface area contributed by atoms with E-state index in [0.29, 0.717) is 0 Å². The quantitative estimate of drug-likeness (QED) is 0.742. The van der Waals surface area contributed by atoms with Crippen molar-refractivity contribution in [3.63, 3.8) is 0 Å². The maximum Gasteiger partial charge on any atom is 0.224 e. The fourth-order valence-corrected chi connectivity index (χ4v) is 2.17. The van der Waals surface area contributed by atoms with Crippen LogP contribution in [-0.2, 0) is 9.59 Å². The molecule has 1 aliphatic rings. The third kappa shape index (κ3) is 1.56. The molecule has 0 unspecified atom stereocenters. The molecule has 1 amide bonds. The average molecular weight is 197 g/mol. The highest BCUT2D eigenvalue weighted by molar-refractivity contribution is 5.88. The van der Waals surface area contributed by atoms with Gasteiger partial charge in [0, 0.05) is 5.92 Å². The van der Waals surface area contributed by atoms with Gasteiger partial charge in [-0.25, -0.2) is 0 Å². The van der Waals surface area contributed by atoms with E-state index in [4.69, 9.17) is 0 Å². The molecular weight excluding hydrogens is 178 g/mol. The van der Waals surface area contributed by atoms with Gasteiger partial charge < -0.3 is 5.32 Å². The molecule has 3 heteroatoms. The van der Waals surface area contributed by atoms with E-state index in [1.54, 1.807) is 0 Å². The van der Waals surface area contributed by atoms with E-state index >= 15 is 0 Å². The van der Waals surface area contributed by atoms with Gasteiger partial charge in [-0.3, -0.25) is 9.59 Å². The second kappa shape index (κ2) is 3.07. The Morgan fingerprint density at radius 1 is 1.14 bits per heavy atom. The monoisotopic (exact) mass is 197 g/mol. The summed E-state index contributed by atoms with van der Waals surface area (Å²) < 4.78 is 0. The Bertz CT molecular complexity index is 265. The number of nitrogens with one attached hydrogen (secondary N) is 1. The van der Waals surface area contributed by atoms with Crippen LogP contribution in [0.15, 0.2) is 0 Å². The van der Waals surface area contributed by atoms with E-state index in [1.165, 1.54) is 6.92 Å². The van der Waals surface area contributed by atoms with Crippen molar-refractivity contribution >= 4 is 11.7 Å². The molecular formula is C11H19NO2. The van der Waals surface area contributed by atoms with Crippen LogP contribution in [0.2, 0.25) is 0 Å². The normalized spacial score (nSPS) is 22.9. The van der Waals surface area contributed by atoms with E-state index in [-0.39, 0.29) is 35.0 Å². The van der Waals surface area contributed by atoms with Gasteiger partial charge in [-0.1, -0.05) is 27.7 Å². The highest BCUT2D eigenvalue weighted by Crippen LogP contribution is 2.68.